The number of anilines is 1. The van der Waals surface area contributed by atoms with Crippen molar-refractivity contribution in [3.05, 3.63) is 76.9 Å². The first-order valence-corrected chi connectivity index (χ1v) is 13.8. The summed E-state index contributed by atoms with van der Waals surface area (Å²) in [5.74, 6) is -0.480. The molecule has 2 saturated heterocycles. The Hall–Kier alpha value is -3.18. The first kappa shape index (κ1) is 25.5. The zero-order chi connectivity index (χ0) is 25.9. The van der Waals surface area contributed by atoms with Crippen LogP contribution in [0.4, 0.5) is 5.69 Å². The predicted octanol–water partition coefficient (Wildman–Crippen LogP) is 6.68. The Morgan fingerprint density at radius 3 is 2.54 bits per heavy atom. The van der Waals surface area contributed by atoms with E-state index in [9.17, 15) is 14.7 Å². The number of imide groups is 1. The van der Waals surface area contributed by atoms with Gasteiger partial charge < -0.3 is 9.84 Å². The summed E-state index contributed by atoms with van der Waals surface area (Å²) in [5, 5.41) is 9.86. The highest BCUT2D eigenvalue weighted by Gasteiger charge is 2.57. The van der Waals surface area contributed by atoms with Crippen LogP contribution in [0.1, 0.15) is 64.4 Å². The van der Waals surface area contributed by atoms with E-state index in [0.717, 1.165) is 44.1 Å². The highest BCUT2D eigenvalue weighted by molar-refractivity contribution is 6.22. The van der Waals surface area contributed by atoms with Gasteiger partial charge >= 0.3 is 0 Å². The number of benzene rings is 2. The van der Waals surface area contributed by atoms with Crippen LogP contribution in [0.5, 0.6) is 5.75 Å². The third kappa shape index (κ3) is 5.02. The third-order valence-electron chi connectivity index (χ3n) is 8.11. The van der Waals surface area contributed by atoms with Crippen molar-refractivity contribution >= 4 is 23.6 Å². The van der Waals surface area contributed by atoms with Crippen LogP contribution in [0.2, 0.25) is 0 Å². The number of allylic oxidation sites excluding steroid dienone is 2. The Balaban J connectivity index is 1.38. The van der Waals surface area contributed by atoms with Crippen molar-refractivity contribution in [1.29, 1.82) is 0 Å². The molecule has 0 spiro atoms. The van der Waals surface area contributed by atoms with E-state index in [1.165, 1.54) is 21.6 Å². The molecule has 2 aliphatic heterocycles. The van der Waals surface area contributed by atoms with Crippen LogP contribution in [-0.4, -0.2) is 29.6 Å². The third-order valence-corrected chi connectivity index (χ3v) is 8.11. The summed E-state index contributed by atoms with van der Waals surface area (Å²) >= 11 is 0. The Morgan fingerprint density at radius 1 is 1.00 bits per heavy atom. The Bertz CT molecular complexity index is 1210. The standard InChI is InChI=1S/C32H37NO4/c1-3-9-21(17-22-11-8-14-25(34)18-22)15-16-28-29-23(10-4-2)19-26-30(27(29)20-37-28)32(36)33(31(26)35)24-12-6-5-7-13-24/h5-8,11-14,17-18,26-28,30,34H,3-4,9-10,15-16,19-20H2,1-2H3/b21-17+/t26-,27+,28-,30-/m1/s1. The Labute approximate surface area is 219 Å². The van der Waals surface area contributed by atoms with Crippen molar-refractivity contribution in [2.75, 3.05) is 11.5 Å². The topological polar surface area (TPSA) is 66.8 Å². The summed E-state index contributed by atoms with van der Waals surface area (Å²) in [6.07, 6.45) is 8.62. The van der Waals surface area contributed by atoms with Crippen molar-refractivity contribution in [3.8, 4) is 5.75 Å². The number of amides is 2. The summed E-state index contributed by atoms with van der Waals surface area (Å²) in [7, 11) is 0. The smallest absolute Gasteiger partial charge is 0.238 e. The van der Waals surface area contributed by atoms with Gasteiger partial charge in [-0.05, 0) is 67.5 Å². The highest BCUT2D eigenvalue weighted by atomic mass is 16.5. The van der Waals surface area contributed by atoms with Crippen molar-refractivity contribution in [1.82, 2.24) is 0 Å². The van der Waals surface area contributed by atoms with Gasteiger partial charge in [-0.2, -0.15) is 0 Å². The van der Waals surface area contributed by atoms with Gasteiger partial charge in [0.25, 0.3) is 0 Å². The lowest BCUT2D eigenvalue weighted by atomic mass is 9.68. The molecule has 5 rings (SSSR count). The molecule has 0 radical (unpaired) electrons. The van der Waals surface area contributed by atoms with Gasteiger partial charge in [0, 0.05) is 5.92 Å². The molecule has 2 heterocycles. The van der Waals surface area contributed by atoms with E-state index < -0.39 is 0 Å². The zero-order valence-electron chi connectivity index (χ0n) is 21.9. The fourth-order valence-corrected chi connectivity index (χ4v) is 6.60. The molecule has 0 aromatic heterocycles. The number of ether oxygens (including phenoxy) is 1. The maximum Gasteiger partial charge on any atom is 0.238 e. The van der Waals surface area contributed by atoms with Gasteiger partial charge in [-0.3, -0.25) is 14.5 Å². The van der Waals surface area contributed by atoms with E-state index in [4.69, 9.17) is 4.74 Å². The molecule has 3 aliphatic rings. The van der Waals surface area contributed by atoms with Gasteiger partial charge in [0.1, 0.15) is 5.75 Å². The van der Waals surface area contributed by atoms with E-state index in [0.29, 0.717) is 18.7 Å². The minimum atomic E-state index is -0.328. The fraction of sp³-hybridized carbons (Fsp3) is 0.438. The molecule has 2 fully saturated rings. The van der Waals surface area contributed by atoms with Crippen molar-refractivity contribution < 1.29 is 19.4 Å². The summed E-state index contributed by atoms with van der Waals surface area (Å²) < 4.78 is 6.40. The number of phenolic OH excluding ortho intramolecular Hbond substituents is 1. The summed E-state index contributed by atoms with van der Waals surface area (Å²) in [4.78, 5) is 28.5. The lowest BCUT2D eigenvalue weighted by Crippen LogP contribution is -2.34. The monoisotopic (exact) mass is 499 g/mol. The van der Waals surface area contributed by atoms with Gasteiger partial charge in [0.2, 0.25) is 11.8 Å². The average Bonchev–Trinajstić information content (AvgIpc) is 3.42. The van der Waals surface area contributed by atoms with Crippen LogP contribution in [-0.2, 0) is 14.3 Å². The molecule has 1 N–H and O–H groups in total. The van der Waals surface area contributed by atoms with Gasteiger partial charge in [0.15, 0.2) is 0 Å². The molecule has 37 heavy (non-hydrogen) atoms. The lowest BCUT2D eigenvalue weighted by Gasteiger charge is -2.32. The number of fused-ring (bicyclic) bond motifs is 3. The molecule has 1 aliphatic carbocycles. The van der Waals surface area contributed by atoms with Crippen LogP contribution in [0.3, 0.4) is 0 Å². The molecule has 5 heteroatoms. The molecular formula is C32H37NO4. The number of carbonyl (C=O) groups excluding carboxylic acids is 2. The van der Waals surface area contributed by atoms with E-state index in [1.54, 1.807) is 12.1 Å². The second-order valence-electron chi connectivity index (χ2n) is 10.6. The number of carbonyl (C=O) groups is 2. The molecule has 2 amide bonds. The van der Waals surface area contributed by atoms with E-state index in [1.807, 2.05) is 42.5 Å². The lowest BCUT2D eigenvalue weighted by molar-refractivity contribution is -0.122. The normalized spacial score (nSPS) is 25.6. The van der Waals surface area contributed by atoms with Gasteiger partial charge in [-0.1, -0.05) is 74.2 Å². The van der Waals surface area contributed by atoms with Crippen LogP contribution < -0.4 is 4.90 Å². The largest absolute Gasteiger partial charge is 0.508 e. The van der Waals surface area contributed by atoms with Gasteiger partial charge in [0.05, 0.1) is 30.2 Å². The van der Waals surface area contributed by atoms with Crippen molar-refractivity contribution in [2.45, 2.75) is 64.9 Å². The molecule has 0 bridgehead atoms. The van der Waals surface area contributed by atoms with E-state index >= 15 is 0 Å². The molecular weight excluding hydrogens is 462 g/mol. The predicted molar refractivity (Wildman–Crippen MR) is 146 cm³/mol. The average molecular weight is 500 g/mol. The molecule has 4 atom stereocenters. The molecule has 2 aromatic carbocycles. The number of para-hydroxylation sites is 1. The number of nitrogens with zero attached hydrogens (tertiary/aromatic N) is 1. The maximum atomic E-state index is 13.6. The van der Waals surface area contributed by atoms with Crippen LogP contribution in [0.25, 0.3) is 6.08 Å². The number of hydrogen-bond acceptors (Lipinski definition) is 4. The number of phenols is 1. The minimum absolute atomic E-state index is 0.00869. The van der Waals surface area contributed by atoms with Crippen molar-refractivity contribution in [3.63, 3.8) is 0 Å². The maximum absolute atomic E-state index is 13.6. The van der Waals surface area contributed by atoms with Crippen LogP contribution >= 0.6 is 0 Å². The molecule has 0 saturated carbocycles. The summed E-state index contributed by atoms with van der Waals surface area (Å²) in [6.45, 7) is 4.87. The number of rotatable bonds is 9. The quantitative estimate of drug-likeness (QED) is 0.309. The van der Waals surface area contributed by atoms with Gasteiger partial charge in [-0.25, -0.2) is 0 Å². The van der Waals surface area contributed by atoms with Crippen LogP contribution in [0, 0.1) is 17.8 Å². The van der Waals surface area contributed by atoms with Gasteiger partial charge in [-0.15, -0.1) is 0 Å². The first-order valence-electron chi connectivity index (χ1n) is 13.8. The second-order valence-corrected chi connectivity index (χ2v) is 10.6. The Morgan fingerprint density at radius 2 is 1.81 bits per heavy atom. The molecule has 194 valence electrons. The highest BCUT2D eigenvalue weighted by Crippen LogP contribution is 2.51. The molecule has 2 aromatic rings. The minimum Gasteiger partial charge on any atom is -0.508 e. The summed E-state index contributed by atoms with van der Waals surface area (Å²) in [6, 6.07) is 16.7. The molecule has 0 unspecified atom stereocenters. The first-order chi connectivity index (χ1) is 18.0. The molecule has 5 nitrogen and oxygen atoms in total. The van der Waals surface area contributed by atoms with Crippen LogP contribution in [0.15, 0.2) is 71.3 Å². The Kier molecular flexibility index (Phi) is 7.61. The van der Waals surface area contributed by atoms with Crippen molar-refractivity contribution in [2.24, 2.45) is 17.8 Å². The SMILES string of the molecule is CCCC1=C2[C@@H](CC/C(=C/c3cccc(O)c3)CCC)OC[C@@H]2[C@@H]2C(=O)N(c3ccccc3)C(=O)[C@@H]2C1. The second kappa shape index (κ2) is 11.1. The van der Waals surface area contributed by atoms with E-state index in [-0.39, 0.29) is 41.4 Å². The summed E-state index contributed by atoms with van der Waals surface area (Å²) in [5.41, 5.74) is 5.65. The fourth-order valence-electron chi connectivity index (χ4n) is 6.60. The van der Waals surface area contributed by atoms with E-state index in [2.05, 4.69) is 19.9 Å². The number of aromatic hydroxyl groups is 1. The zero-order valence-corrected chi connectivity index (χ0v) is 21.9. The number of hydrogen-bond donors (Lipinski definition) is 1.